The Morgan fingerprint density at radius 1 is 1.46 bits per heavy atom. The van der Waals surface area contributed by atoms with Crippen molar-refractivity contribution in [3.63, 3.8) is 0 Å². The van der Waals surface area contributed by atoms with Gasteiger partial charge in [-0.25, -0.2) is 4.98 Å². The highest BCUT2D eigenvalue weighted by Crippen LogP contribution is 2.30. The van der Waals surface area contributed by atoms with Gasteiger partial charge in [0.2, 0.25) is 0 Å². The minimum absolute atomic E-state index is 0.428. The third-order valence-electron chi connectivity index (χ3n) is 4.05. The number of guanidine groups is 1. The molecule has 2 rings (SSSR count). The van der Waals surface area contributed by atoms with Gasteiger partial charge in [-0.1, -0.05) is 0 Å². The molecule has 148 valence electrons. The van der Waals surface area contributed by atoms with E-state index in [4.69, 9.17) is 9.47 Å². The maximum atomic E-state index is 12.6. The molecule has 1 aromatic heterocycles. The second-order valence-electron chi connectivity index (χ2n) is 6.02. The molecule has 1 aromatic rings. The van der Waals surface area contributed by atoms with Gasteiger partial charge in [-0.15, -0.1) is 11.3 Å². The monoisotopic (exact) mass is 394 g/mol. The van der Waals surface area contributed by atoms with E-state index in [2.05, 4.69) is 20.2 Å². The van der Waals surface area contributed by atoms with Crippen molar-refractivity contribution in [3.05, 3.63) is 16.1 Å². The average molecular weight is 394 g/mol. The van der Waals surface area contributed by atoms with Crippen LogP contribution in [0.4, 0.5) is 13.2 Å². The van der Waals surface area contributed by atoms with Crippen LogP contribution in [-0.4, -0.2) is 69.5 Å². The number of rotatable bonds is 8. The Kier molecular flexibility index (Phi) is 8.11. The summed E-state index contributed by atoms with van der Waals surface area (Å²) < 4.78 is 48.2. The topological polar surface area (TPSA) is 59.0 Å². The minimum Gasteiger partial charge on any atom is -0.382 e. The van der Waals surface area contributed by atoms with Crippen LogP contribution in [0.5, 0.6) is 0 Å². The summed E-state index contributed by atoms with van der Waals surface area (Å²) in [6.07, 6.45) is -2.93. The van der Waals surface area contributed by atoms with Crippen molar-refractivity contribution in [3.8, 4) is 0 Å². The Morgan fingerprint density at radius 3 is 2.92 bits per heavy atom. The van der Waals surface area contributed by atoms with Crippen molar-refractivity contribution < 1.29 is 22.6 Å². The second kappa shape index (κ2) is 10.1. The third-order valence-corrected chi connectivity index (χ3v) is 4.96. The zero-order chi connectivity index (χ0) is 19.0. The summed E-state index contributed by atoms with van der Waals surface area (Å²) in [6.45, 7) is 4.09. The van der Waals surface area contributed by atoms with Crippen molar-refractivity contribution in [1.29, 1.82) is 0 Å². The first-order valence-corrected chi connectivity index (χ1v) is 9.36. The molecular weight excluding hydrogens is 369 g/mol. The molecule has 0 aliphatic carbocycles. The Hall–Kier alpha value is -1.39. The summed E-state index contributed by atoms with van der Waals surface area (Å²) in [4.78, 5) is 10.0. The number of aliphatic imine (C=N–C) groups is 1. The molecule has 1 aliphatic heterocycles. The van der Waals surface area contributed by atoms with Crippen molar-refractivity contribution in [1.82, 2.24) is 15.2 Å². The molecular formula is C16H25F3N4O2S. The Bertz CT molecular complexity index is 580. The Morgan fingerprint density at radius 2 is 2.27 bits per heavy atom. The molecule has 2 heterocycles. The molecule has 0 radical (unpaired) electrons. The highest BCUT2D eigenvalue weighted by Gasteiger charge is 2.33. The fourth-order valence-electron chi connectivity index (χ4n) is 2.72. The molecule has 0 aromatic carbocycles. The number of methoxy groups -OCH3 is 1. The first-order valence-electron chi connectivity index (χ1n) is 8.48. The van der Waals surface area contributed by atoms with Gasteiger partial charge in [-0.05, 0) is 6.42 Å². The van der Waals surface area contributed by atoms with Crippen LogP contribution in [0.15, 0.2) is 10.4 Å². The van der Waals surface area contributed by atoms with Crippen LogP contribution in [0.2, 0.25) is 0 Å². The van der Waals surface area contributed by atoms with Gasteiger partial charge in [0.25, 0.3) is 0 Å². The van der Waals surface area contributed by atoms with Crippen LogP contribution in [0.1, 0.15) is 17.1 Å². The SMILES string of the molecule is CN=C(NCCc1nc(C(F)(F)F)cs1)N1CCC(COCCOC)C1. The van der Waals surface area contributed by atoms with Crippen molar-refractivity contribution in [2.24, 2.45) is 10.9 Å². The average Bonchev–Trinajstić information content (AvgIpc) is 3.25. The van der Waals surface area contributed by atoms with Gasteiger partial charge < -0.3 is 19.7 Å². The fourth-order valence-corrected chi connectivity index (χ4v) is 3.53. The number of thiazole rings is 1. The smallest absolute Gasteiger partial charge is 0.382 e. The minimum atomic E-state index is -4.38. The lowest BCUT2D eigenvalue weighted by Gasteiger charge is -2.21. The number of aromatic nitrogens is 1. The lowest BCUT2D eigenvalue weighted by molar-refractivity contribution is -0.140. The summed E-state index contributed by atoms with van der Waals surface area (Å²) in [7, 11) is 3.35. The molecule has 1 unspecified atom stereocenters. The summed E-state index contributed by atoms with van der Waals surface area (Å²) in [5, 5.41) is 4.72. The quantitative estimate of drug-likeness (QED) is 0.416. The van der Waals surface area contributed by atoms with E-state index in [1.54, 1.807) is 14.2 Å². The normalized spacial score (nSPS) is 18.6. The number of nitrogens with zero attached hydrogens (tertiary/aromatic N) is 3. The van der Waals surface area contributed by atoms with Crippen LogP contribution in [0, 0.1) is 5.92 Å². The predicted molar refractivity (Wildman–Crippen MR) is 94.6 cm³/mol. The Labute approximate surface area is 155 Å². The summed E-state index contributed by atoms with van der Waals surface area (Å²) in [6, 6.07) is 0. The van der Waals surface area contributed by atoms with E-state index in [0.29, 0.717) is 43.7 Å². The molecule has 0 saturated carbocycles. The Balaban J connectivity index is 1.72. The van der Waals surface area contributed by atoms with E-state index >= 15 is 0 Å². The molecule has 1 saturated heterocycles. The van der Waals surface area contributed by atoms with Gasteiger partial charge in [0, 0.05) is 51.5 Å². The van der Waals surface area contributed by atoms with E-state index in [9.17, 15) is 13.2 Å². The number of halogens is 3. The van der Waals surface area contributed by atoms with Gasteiger partial charge in [0.15, 0.2) is 11.7 Å². The van der Waals surface area contributed by atoms with Crippen LogP contribution in [0.3, 0.4) is 0 Å². The zero-order valence-corrected chi connectivity index (χ0v) is 15.8. The van der Waals surface area contributed by atoms with Crippen molar-refractivity contribution in [2.45, 2.75) is 19.0 Å². The maximum Gasteiger partial charge on any atom is 0.434 e. The lowest BCUT2D eigenvalue weighted by Crippen LogP contribution is -2.41. The number of hydrogen-bond acceptors (Lipinski definition) is 5. The summed E-state index contributed by atoms with van der Waals surface area (Å²) >= 11 is 1.03. The molecule has 6 nitrogen and oxygen atoms in total. The van der Waals surface area contributed by atoms with Crippen molar-refractivity contribution in [2.75, 3.05) is 53.6 Å². The van der Waals surface area contributed by atoms with E-state index in [-0.39, 0.29) is 0 Å². The van der Waals surface area contributed by atoms with E-state index in [0.717, 1.165) is 42.2 Å². The number of likely N-dealkylation sites (tertiary alicyclic amines) is 1. The molecule has 1 N–H and O–H groups in total. The number of nitrogens with one attached hydrogen (secondary N) is 1. The molecule has 10 heteroatoms. The number of alkyl halides is 3. The maximum absolute atomic E-state index is 12.6. The van der Waals surface area contributed by atoms with Crippen molar-refractivity contribution >= 4 is 17.3 Å². The molecule has 0 bridgehead atoms. The van der Waals surface area contributed by atoms with Crippen LogP contribution >= 0.6 is 11.3 Å². The van der Waals surface area contributed by atoms with E-state index < -0.39 is 11.9 Å². The first-order chi connectivity index (χ1) is 12.4. The largest absolute Gasteiger partial charge is 0.434 e. The number of hydrogen-bond donors (Lipinski definition) is 1. The van der Waals surface area contributed by atoms with Gasteiger partial charge >= 0.3 is 6.18 Å². The van der Waals surface area contributed by atoms with Crippen LogP contribution in [0.25, 0.3) is 0 Å². The van der Waals surface area contributed by atoms with E-state index in [1.165, 1.54) is 0 Å². The van der Waals surface area contributed by atoms with E-state index in [1.807, 2.05) is 0 Å². The molecule has 0 amide bonds. The zero-order valence-electron chi connectivity index (χ0n) is 15.0. The third kappa shape index (κ3) is 6.40. The highest BCUT2D eigenvalue weighted by atomic mass is 32.1. The fraction of sp³-hybridized carbons (Fsp3) is 0.750. The van der Waals surface area contributed by atoms with Gasteiger partial charge in [0.1, 0.15) is 0 Å². The number of ether oxygens (including phenoxy) is 2. The lowest BCUT2D eigenvalue weighted by atomic mass is 10.1. The van der Waals surface area contributed by atoms with Crippen LogP contribution < -0.4 is 5.32 Å². The van der Waals surface area contributed by atoms with Gasteiger partial charge in [-0.3, -0.25) is 4.99 Å². The predicted octanol–water partition coefficient (Wildman–Crippen LogP) is 2.26. The van der Waals surface area contributed by atoms with Crippen LogP contribution in [-0.2, 0) is 22.1 Å². The second-order valence-corrected chi connectivity index (χ2v) is 6.96. The molecule has 26 heavy (non-hydrogen) atoms. The molecule has 1 aliphatic rings. The first kappa shape index (κ1) is 20.9. The summed E-state index contributed by atoms with van der Waals surface area (Å²) in [5.74, 6) is 1.20. The molecule has 1 atom stereocenters. The summed E-state index contributed by atoms with van der Waals surface area (Å²) in [5.41, 5.74) is -0.822. The molecule has 1 fully saturated rings. The van der Waals surface area contributed by atoms with Gasteiger partial charge in [0.05, 0.1) is 24.8 Å². The molecule has 0 spiro atoms. The standard InChI is InChI=1S/C16H25F3N4O2S/c1-20-15(23-6-4-12(9-23)10-25-8-7-24-2)21-5-3-14-22-13(11-26-14)16(17,18)19/h11-12H,3-10H2,1-2H3,(H,20,21). The highest BCUT2D eigenvalue weighted by molar-refractivity contribution is 7.09. The van der Waals surface area contributed by atoms with Gasteiger partial charge in [-0.2, -0.15) is 13.2 Å².